The zero-order chi connectivity index (χ0) is 26.6. The minimum Gasteiger partial charge on any atom is -0.484 e. The number of hydrogen-bond acceptors (Lipinski definition) is 5. The van der Waals surface area contributed by atoms with Crippen molar-refractivity contribution >= 4 is 33.2 Å². The maximum atomic E-state index is 6.26. The molecule has 202 valence electrons. The van der Waals surface area contributed by atoms with Crippen LogP contribution in [0.3, 0.4) is 0 Å². The summed E-state index contributed by atoms with van der Waals surface area (Å²) in [5.41, 5.74) is 5.93. The summed E-state index contributed by atoms with van der Waals surface area (Å²) in [4.78, 5) is 15.9. The van der Waals surface area contributed by atoms with Crippen molar-refractivity contribution in [3.63, 3.8) is 0 Å². The molecule has 8 rings (SSSR count). The van der Waals surface area contributed by atoms with Gasteiger partial charge in [-0.1, -0.05) is 53.7 Å². The molecule has 0 atom stereocenters. The van der Waals surface area contributed by atoms with Crippen molar-refractivity contribution in [3.05, 3.63) is 128 Å². The monoisotopic (exact) mass is 712 g/mol. The second-order valence-electron chi connectivity index (χ2n) is 9.66. The third-order valence-corrected chi connectivity index (χ3v) is 7.11. The SMILES string of the molecule is Cc1ccnc(-n2c3[c-]c(Oc4[c-]c(N5[CH-]n6ccnc6-c6ccccc65)ccc4)ncc3c3ccccc32)c1.[Pt]. The molecular weight excluding hydrogens is 691 g/mol. The van der Waals surface area contributed by atoms with Crippen LogP contribution >= 0.6 is 0 Å². The summed E-state index contributed by atoms with van der Waals surface area (Å²) in [6, 6.07) is 33.1. The molecular formula is C33H21N6OPt-3. The number of aromatic nitrogens is 5. The molecule has 3 aromatic carbocycles. The van der Waals surface area contributed by atoms with E-state index < -0.39 is 0 Å². The zero-order valence-corrected chi connectivity index (χ0v) is 24.1. The maximum Gasteiger partial charge on any atom is 0.134 e. The van der Waals surface area contributed by atoms with Crippen LogP contribution in [0.2, 0.25) is 0 Å². The van der Waals surface area contributed by atoms with Gasteiger partial charge in [0.1, 0.15) is 11.7 Å². The van der Waals surface area contributed by atoms with Gasteiger partial charge >= 0.3 is 0 Å². The van der Waals surface area contributed by atoms with Gasteiger partial charge in [-0.15, -0.1) is 29.1 Å². The standard InChI is InChI=1S/C33H21N6O.Pt/c1-22-13-14-34-31(17-22)39-29-12-5-2-9-25(29)27-20-36-32(19-30(27)39)40-24-8-6-7-23(18-24)38-21-37-16-15-35-33(37)26-10-3-4-11-28(26)38;/h2-17,20-21H,1H3;/q-3;. The van der Waals surface area contributed by atoms with Gasteiger partial charge in [-0.05, 0) is 61.4 Å². The predicted molar refractivity (Wildman–Crippen MR) is 155 cm³/mol. The van der Waals surface area contributed by atoms with Gasteiger partial charge in [-0.2, -0.15) is 12.1 Å². The molecule has 1 aliphatic rings. The van der Waals surface area contributed by atoms with Crippen molar-refractivity contribution in [3.8, 4) is 28.8 Å². The molecule has 0 saturated carbocycles. The van der Waals surface area contributed by atoms with Crippen LogP contribution in [-0.4, -0.2) is 24.1 Å². The quantitative estimate of drug-likeness (QED) is 0.180. The zero-order valence-electron chi connectivity index (χ0n) is 21.8. The second-order valence-corrected chi connectivity index (χ2v) is 9.66. The van der Waals surface area contributed by atoms with E-state index in [-0.39, 0.29) is 21.1 Å². The third kappa shape index (κ3) is 4.17. The molecule has 0 amide bonds. The molecule has 0 fully saturated rings. The van der Waals surface area contributed by atoms with Gasteiger partial charge in [0.2, 0.25) is 0 Å². The molecule has 7 aromatic rings. The predicted octanol–water partition coefficient (Wildman–Crippen LogP) is 7.25. The Labute approximate surface area is 251 Å². The average molecular weight is 713 g/mol. The Morgan fingerprint density at radius 3 is 2.63 bits per heavy atom. The summed E-state index contributed by atoms with van der Waals surface area (Å²) in [7, 11) is 0. The summed E-state index contributed by atoms with van der Waals surface area (Å²) >= 11 is 0. The smallest absolute Gasteiger partial charge is 0.134 e. The van der Waals surface area contributed by atoms with E-state index in [0.29, 0.717) is 11.6 Å². The molecule has 4 aromatic heterocycles. The first-order valence-corrected chi connectivity index (χ1v) is 12.9. The largest absolute Gasteiger partial charge is 0.484 e. The van der Waals surface area contributed by atoms with Crippen molar-refractivity contribution in [2.75, 3.05) is 4.90 Å². The Hall–Kier alpha value is -4.87. The number of fused-ring (bicyclic) bond motifs is 6. The van der Waals surface area contributed by atoms with Gasteiger partial charge in [0, 0.05) is 50.0 Å². The summed E-state index contributed by atoms with van der Waals surface area (Å²) in [5, 5.41) is 2.07. The number of para-hydroxylation sites is 2. The van der Waals surface area contributed by atoms with Crippen LogP contribution < -0.4 is 9.64 Å². The molecule has 0 aliphatic carbocycles. The molecule has 0 bridgehead atoms. The van der Waals surface area contributed by atoms with E-state index in [0.717, 1.165) is 55.9 Å². The number of anilines is 2. The normalized spacial score (nSPS) is 12.0. The average Bonchev–Trinajstić information content (AvgIpc) is 3.59. The fourth-order valence-electron chi connectivity index (χ4n) is 5.31. The van der Waals surface area contributed by atoms with Crippen LogP contribution in [0.15, 0.2) is 104 Å². The molecule has 41 heavy (non-hydrogen) atoms. The first-order chi connectivity index (χ1) is 19.7. The summed E-state index contributed by atoms with van der Waals surface area (Å²) in [6.07, 6.45) is 7.41. The van der Waals surface area contributed by atoms with E-state index in [1.165, 1.54) is 0 Å². The second kappa shape index (κ2) is 9.95. The molecule has 0 N–H and O–H groups in total. The molecule has 0 saturated heterocycles. The Morgan fingerprint density at radius 1 is 0.829 bits per heavy atom. The van der Waals surface area contributed by atoms with E-state index in [4.69, 9.17) is 4.74 Å². The van der Waals surface area contributed by atoms with Crippen LogP contribution in [0, 0.1) is 25.7 Å². The Morgan fingerprint density at radius 2 is 1.71 bits per heavy atom. The van der Waals surface area contributed by atoms with E-state index in [9.17, 15) is 0 Å². The molecule has 0 spiro atoms. The van der Waals surface area contributed by atoms with Crippen molar-refractivity contribution in [1.82, 2.24) is 24.1 Å². The Bertz CT molecular complexity index is 2060. The maximum absolute atomic E-state index is 6.26. The van der Waals surface area contributed by atoms with Gasteiger partial charge in [-0.3, -0.25) is 4.98 Å². The number of hydrogen-bond donors (Lipinski definition) is 0. The van der Waals surface area contributed by atoms with Crippen LogP contribution in [-0.2, 0) is 21.1 Å². The fourth-order valence-corrected chi connectivity index (χ4v) is 5.31. The molecule has 5 heterocycles. The van der Waals surface area contributed by atoms with Crippen molar-refractivity contribution in [1.29, 1.82) is 0 Å². The topological polar surface area (TPSA) is 61.0 Å². The molecule has 0 unspecified atom stereocenters. The van der Waals surface area contributed by atoms with Crippen molar-refractivity contribution < 1.29 is 25.8 Å². The van der Waals surface area contributed by atoms with E-state index in [2.05, 4.69) is 73.8 Å². The molecule has 0 radical (unpaired) electrons. The number of benzene rings is 3. The van der Waals surface area contributed by atoms with Crippen LogP contribution in [0.25, 0.3) is 39.0 Å². The van der Waals surface area contributed by atoms with Gasteiger partial charge in [0.25, 0.3) is 0 Å². The van der Waals surface area contributed by atoms with E-state index >= 15 is 0 Å². The van der Waals surface area contributed by atoms with Crippen molar-refractivity contribution in [2.45, 2.75) is 6.92 Å². The summed E-state index contributed by atoms with van der Waals surface area (Å²) < 4.78 is 10.4. The number of aryl methyl sites for hydroxylation is 1. The number of nitrogens with zero attached hydrogens (tertiary/aromatic N) is 6. The van der Waals surface area contributed by atoms with Gasteiger partial charge in [-0.25, -0.2) is 4.98 Å². The Kier molecular flexibility index (Phi) is 6.10. The number of rotatable bonds is 4. The first kappa shape index (κ1) is 25.1. The number of imidazole rings is 1. The Balaban J connectivity index is 0.00000276. The van der Waals surface area contributed by atoms with Crippen LogP contribution in [0.1, 0.15) is 5.56 Å². The summed E-state index contributed by atoms with van der Waals surface area (Å²) in [5.74, 6) is 2.63. The van der Waals surface area contributed by atoms with Crippen molar-refractivity contribution in [2.24, 2.45) is 0 Å². The summed E-state index contributed by atoms with van der Waals surface area (Å²) in [6.45, 7) is 4.07. The minimum absolute atomic E-state index is 0. The molecule has 8 heteroatoms. The van der Waals surface area contributed by atoms with Gasteiger partial charge in [0.05, 0.1) is 0 Å². The minimum atomic E-state index is 0. The van der Waals surface area contributed by atoms with Crippen LogP contribution in [0.4, 0.5) is 11.4 Å². The van der Waals surface area contributed by atoms with E-state index in [1.807, 2.05) is 78.4 Å². The van der Waals surface area contributed by atoms with Gasteiger partial charge < -0.3 is 23.8 Å². The molecule has 1 aliphatic heterocycles. The van der Waals surface area contributed by atoms with Gasteiger partial charge in [0.15, 0.2) is 0 Å². The third-order valence-electron chi connectivity index (χ3n) is 7.11. The van der Waals surface area contributed by atoms with Crippen LogP contribution in [0.5, 0.6) is 11.6 Å². The first-order valence-electron chi connectivity index (χ1n) is 12.9. The number of ether oxygens (including phenoxy) is 1. The fraction of sp³-hybridized carbons (Fsp3) is 0.0303. The molecule has 7 nitrogen and oxygen atoms in total. The number of pyridine rings is 2. The van der Waals surface area contributed by atoms with E-state index in [1.54, 1.807) is 6.20 Å².